The predicted octanol–water partition coefficient (Wildman–Crippen LogP) is 3.66. The lowest BCUT2D eigenvalue weighted by Crippen LogP contribution is -2.39. The molecule has 2 atom stereocenters. The molecule has 0 amide bonds. The Hall–Kier alpha value is -0.250. The number of halogens is 3. The van der Waals surface area contributed by atoms with Crippen LogP contribution >= 0.6 is 0 Å². The molecule has 0 spiro atoms. The largest absolute Gasteiger partial charge is 0.390 e. The molecule has 90 valence electrons. The molecule has 1 nitrogen and oxygen atoms in total. The van der Waals surface area contributed by atoms with E-state index >= 15 is 0 Å². The fourth-order valence-corrected chi connectivity index (χ4v) is 2.36. The van der Waals surface area contributed by atoms with Gasteiger partial charge in [0.15, 0.2) is 0 Å². The average molecular weight is 224 g/mol. The van der Waals surface area contributed by atoms with Crippen molar-refractivity contribution in [2.24, 2.45) is 5.92 Å². The lowest BCUT2D eigenvalue weighted by Gasteiger charge is -2.38. The molecule has 1 aliphatic carbocycles. The summed E-state index contributed by atoms with van der Waals surface area (Å²) in [4.78, 5) is 0. The van der Waals surface area contributed by atoms with Crippen molar-refractivity contribution < 1.29 is 18.3 Å². The summed E-state index contributed by atoms with van der Waals surface area (Å²) >= 11 is 0. The van der Waals surface area contributed by atoms with E-state index in [4.69, 9.17) is 0 Å². The third-order valence-corrected chi connectivity index (χ3v) is 3.48. The molecule has 4 heteroatoms. The van der Waals surface area contributed by atoms with Crippen molar-refractivity contribution >= 4 is 0 Å². The number of hydrogen-bond donors (Lipinski definition) is 1. The van der Waals surface area contributed by atoms with E-state index in [-0.39, 0.29) is 18.8 Å². The van der Waals surface area contributed by atoms with Gasteiger partial charge in [-0.15, -0.1) is 0 Å². The van der Waals surface area contributed by atoms with Crippen molar-refractivity contribution in [3.05, 3.63) is 0 Å². The van der Waals surface area contributed by atoms with Crippen LogP contribution in [0, 0.1) is 5.92 Å². The summed E-state index contributed by atoms with van der Waals surface area (Å²) in [5, 5.41) is 10.2. The summed E-state index contributed by atoms with van der Waals surface area (Å²) in [5.74, 6) is 0.138. The lowest BCUT2D eigenvalue weighted by molar-refractivity contribution is -0.140. The van der Waals surface area contributed by atoms with E-state index < -0.39 is 18.2 Å². The van der Waals surface area contributed by atoms with Crippen LogP contribution in [0.5, 0.6) is 0 Å². The SMILES string of the molecule is CC1CCCCC1(O)CCCC(F)(F)F. The van der Waals surface area contributed by atoms with Gasteiger partial charge in [0.2, 0.25) is 0 Å². The van der Waals surface area contributed by atoms with E-state index in [0.717, 1.165) is 19.3 Å². The van der Waals surface area contributed by atoms with Gasteiger partial charge in [-0.1, -0.05) is 19.8 Å². The van der Waals surface area contributed by atoms with Crippen LogP contribution in [0.1, 0.15) is 51.9 Å². The number of hydrogen-bond acceptors (Lipinski definition) is 1. The molecule has 1 fully saturated rings. The molecule has 1 aliphatic rings. The summed E-state index contributed by atoms with van der Waals surface area (Å²) < 4.78 is 35.9. The molecule has 0 aliphatic heterocycles. The van der Waals surface area contributed by atoms with E-state index in [1.165, 1.54) is 0 Å². The van der Waals surface area contributed by atoms with Crippen LogP contribution in [-0.2, 0) is 0 Å². The average Bonchev–Trinajstić information content (AvgIpc) is 2.08. The molecular formula is C11H19F3O. The van der Waals surface area contributed by atoms with Crippen LogP contribution in [0.4, 0.5) is 13.2 Å². The molecule has 0 heterocycles. The summed E-state index contributed by atoms with van der Waals surface area (Å²) in [7, 11) is 0. The zero-order valence-corrected chi connectivity index (χ0v) is 9.11. The minimum Gasteiger partial charge on any atom is -0.390 e. The van der Waals surface area contributed by atoms with Gasteiger partial charge in [-0.25, -0.2) is 0 Å². The Morgan fingerprint density at radius 1 is 1.33 bits per heavy atom. The minimum atomic E-state index is -4.09. The van der Waals surface area contributed by atoms with Crippen LogP contribution in [-0.4, -0.2) is 16.9 Å². The van der Waals surface area contributed by atoms with Crippen molar-refractivity contribution in [1.29, 1.82) is 0 Å². The van der Waals surface area contributed by atoms with Crippen LogP contribution in [0.15, 0.2) is 0 Å². The molecule has 1 saturated carbocycles. The van der Waals surface area contributed by atoms with Crippen LogP contribution < -0.4 is 0 Å². The lowest BCUT2D eigenvalue weighted by atomic mass is 9.74. The first-order valence-electron chi connectivity index (χ1n) is 5.63. The first-order valence-corrected chi connectivity index (χ1v) is 5.63. The molecule has 1 N–H and O–H groups in total. The Labute approximate surface area is 88.7 Å². The van der Waals surface area contributed by atoms with Gasteiger partial charge in [0.05, 0.1) is 5.60 Å². The van der Waals surface area contributed by atoms with Crippen LogP contribution in [0.2, 0.25) is 0 Å². The van der Waals surface area contributed by atoms with E-state index in [9.17, 15) is 18.3 Å². The van der Waals surface area contributed by atoms with Crippen molar-refractivity contribution in [1.82, 2.24) is 0 Å². The van der Waals surface area contributed by atoms with Crippen molar-refractivity contribution in [2.45, 2.75) is 63.6 Å². The number of aliphatic hydroxyl groups is 1. The molecule has 0 radical (unpaired) electrons. The highest BCUT2D eigenvalue weighted by atomic mass is 19.4. The van der Waals surface area contributed by atoms with Crippen molar-refractivity contribution in [3.8, 4) is 0 Å². The Kier molecular flexibility index (Phi) is 4.04. The third-order valence-electron chi connectivity index (χ3n) is 3.48. The van der Waals surface area contributed by atoms with E-state index in [0.29, 0.717) is 6.42 Å². The zero-order chi connectivity index (χ0) is 11.5. The van der Waals surface area contributed by atoms with E-state index in [1.54, 1.807) is 0 Å². The number of alkyl halides is 3. The second-order valence-corrected chi connectivity index (χ2v) is 4.72. The Morgan fingerprint density at radius 2 is 2.00 bits per heavy atom. The van der Waals surface area contributed by atoms with Gasteiger partial charge in [0, 0.05) is 6.42 Å². The predicted molar refractivity (Wildman–Crippen MR) is 52.5 cm³/mol. The summed E-state index contributed by atoms with van der Waals surface area (Å²) in [5.41, 5.74) is -0.844. The second kappa shape index (κ2) is 4.73. The van der Waals surface area contributed by atoms with Gasteiger partial charge in [-0.2, -0.15) is 13.2 Å². The van der Waals surface area contributed by atoms with Gasteiger partial charge in [0.1, 0.15) is 0 Å². The monoisotopic (exact) mass is 224 g/mol. The van der Waals surface area contributed by atoms with E-state index in [2.05, 4.69) is 0 Å². The first-order chi connectivity index (χ1) is 6.83. The quantitative estimate of drug-likeness (QED) is 0.775. The van der Waals surface area contributed by atoms with E-state index in [1.807, 2.05) is 6.92 Å². The first kappa shape index (κ1) is 12.8. The van der Waals surface area contributed by atoms with Gasteiger partial charge in [0.25, 0.3) is 0 Å². The van der Waals surface area contributed by atoms with Crippen LogP contribution in [0.25, 0.3) is 0 Å². The highest BCUT2D eigenvalue weighted by Gasteiger charge is 2.36. The Morgan fingerprint density at radius 3 is 2.53 bits per heavy atom. The summed E-state index contributed by atoms with van der Waals surface area (Å²) in [6.07, 6.45) is -0.918. The molecule has 0 aromatic rings. The van der Waals surface area contributed by atoms with Gasteiger partial charge >= 0.3 is 6.18 Å². The number of rotatable bonds is 3. The molecule has 15 heavy (non-hydrogen) atoms. The zero-order valence-electron chi connectivity index (χ0n) is 9.11. The maximum Gasteiger partial charge on any atom is 0.389 e. The molecule has 0 aromatic heterocycles. The van der Waals surface area contributed by atoms with Crippen LogP contribution in [0.3, 0.4) is 0 Å². The Balaban J connectivity index is 2.35. The minimum absolute atomic E-state index is 0.0460. The second-order valence-electron chi connectivity index (χ2n) is 4.72. The standard InChI is InChI=1S/C11H19F3O/c1-9-5-2-3-6-10(9,15)7-4-8-11(12,13)14/h9,15H,2-8H2,1H3. The maximum atomic E-state index is 12.0. The summed E-state index contributed by atoms with van der Waals surface area (Å²) in [6.45, 7) is 1.94. The molecular weight excluding hydrogens is 205 g/mol. The normalized spacial score (nSPS) is 33.0. The van der Waals surface area contributed by atoms with Crippen molar-refractivity contribution in [3.63, 3.8) is 0 Å². The van der Waals surface area contributed by atoms with Gasteiger partial charge in [-0.3, -0.25) is 0 Å². The van der Waals surface area contributed by atoms with Gasteiger partial charge in [-0.05, 0) is 31.6 Å². The smallest absolute Gasteiger partial charge is 0.389 e. The molecule has 1 rings (SSSR count). The topological polar surface area (TPSA) is 20.2 Å². The van der Waals surface area contributed by atoms with Gasteiger partial charge < -0.3 is 5.11 Å². The fraction of sp³-hybridized carbons (Fsp3) is 1.00. The van der Waals surface area contributed by atoms with Crippen molar-refractivity contribution in [2.75, 3.05) is 0 Å². The summed E-state index contributed by atoms with van der Waals surface area (Å²) in [6, 6.07) is 0. The fourth-order valence-electron chi connectivity index (χ4n) is 2.36. The molecule has 0 aromatic carbocycles. The maximum absolute atomic E-state index is 12.0. The molecule has 0 saturated heterocycles. The molecule has 2 unspecified atom stereocenters. The highest BCUT2D eigenvalue weighted by Crippen LogP contribution is 2.38. The molecule has 0 bridgehead atoms. The highest BCUT2D eigenvalue weighted by molar-refractivity contribution is 4.87. The Bertz CT molecular complexity index is 202. The third kappa shape index (κ3) is 4.01.